The Kier molecular flexibility index (Phi) is 3.37. The van der Waals surface area contributed by atoms with Crippen molar-refractivity contribution >= 4 is 22.0 Å². The van der Waals surface area contributed by atoms with Gasteiger partial charge in [-0.3, -0.25) is 14.3 Å². The topological polar surface area (TPSA) is 75.1 Å². The highest BCUT2D eigenvalue weighted by Crippen LogP contribution is 2.85. The van der Waals surface area contributed by atoms with Crippen LogP contribution in [0.3, 0.4) is 0 Å². The number of rotatable bonds is 4. The van der Waals surface area contributed by atoms with Gasteiger partial charge in [0.1, 0.15) is 0 Å². The van der Waals surface area contributed by atoms with Gasteiger partial charge < -0.3 is 5.11 Å². The minimum absolute atomic E-state index is 0.00819. The van der Waals surface area contributed by atoms with Crippen molar-refractivity contribution in [2.24, 2.45) is 35.0 Å². The molecule has 1 aromatic heterocycles. The Hall–Kier alpha value is -1.14. The van der Waals surface area contributed by atoms with Gasteiger partial charge in [-0.25, -0.2) is 4.79 Å². The first-order valence-corrected chi connectivity index (χ1v) is 9.48. The summed E-state index contributed by atoms with van der Waals surface area (Å²) < 4.78 is 1.79. The summed E-state index contributed by atoms with van der Waals surface area (Å²) in [6, 6.07) is 0. The highest BCUT2D eigenvalue weighted by atomic mass is 79.9. The van der Waals surface area contributed by atoms with E-state index >= 15 is 0 Å². The zero-order chi connectivity index (χ0) is 17.4. The third-order valence-electron chi connectivity index (χ3n) is 7.24. The van der Waals surface area contributed by atoms with Gasteiger partial charge in [0.25, 0.3) is 5.56 Å². The maximum absolute atomic E-state index is 12.6. The molecule has 0 radical (unpaired) electrons. The van der Waals surface area contributed by atoms with E-state index in [0.29, 0.717) is 35.2 Å². The molecule has 6 heteroatoms. The fourth-order valence-corrected chi connectivity index (χ4v) is 6.63. The number of nitrogens with zero attached hydrogens (tertiary/aromatic N) is 1. The zero-order valence-electron chi connectivity index (χ0n) is 14.1. The largest absolute Gasteiger partial charge is 0.396 e. The lowest BCUT2D eigenvalue weighted by molar-refractivity contribution is -0.399. The second kappa shape index (κ2) is 4.94. The first-order chi connectivity index (χ1) is 11.3. The molecule has 6 unspecified atom stereocenters. The second-order valence-electron chi connectivity index (χ2n) is 8.29. The Bertz CT molecular complexity index is 841. The molecule has 0 saturated heterocycles. The standard InChI is InChI=1S/C18H23BrN2O3/c1-9(2)12-14-13-11(17(14,3)8-22)6-18(12,13)21-7-10(4-5-19)15(23)20-16(21)24/h4-5,7,9,11-14,22H,6,8H2,1-3H3,(H,20,23,24)/b5-4+. The van der Waals surface area contributed by atoms with Gasteiger partial charge in [-0.2, -0.15) is 0 Å². The van der Waals surface area contributed by atoms with E-state index in [1.165, 1.54) is 0 Å². The van der Waals surface area contributed by atoms with Crippen LogP contribution in [0.4, 0.5) is 0 Å². The van der Waals surface area contributed by atoms with Gasteiger partial charge in [-0.05, 0) is 52.5 Å². The third kappa shape index (κ3) is 1.59. The van der Waals surface area contributed by atoms with Crippen molar-refractivity contribution in [1.29, 1.82) is 0 Å². The van der Waals surface area contributed by atoms with Gasteiger partial charge in [-0.15, -0.1) is 0 Å². The minimum atomic E-state index is -0.356. The monoisotopic (exact) mass is 394 g/mol. The Morgan fingerprint density at radius 1 is 1.46 bits per heavy atom. The molecule has 6 atom stereocenters. The minimum Gasteiger partial charge on any atom is -0.396 e. The van der Waals surface area contributed by atoms with E-state index < -0.39 is 0 Å². The lowest BCUT2D eigenvalue weighted by Crippen LogP contribution is -2.88. The van der Waals surface area contributed by atoms with E-state index in [1.54, 1.807) is 21.8 Å². The molecule has 24 heavy (non-hydrogen) atoms. The average molecular weight is 395 g/mol. The predicted molar refractivity (Wildman–Crippen MR) is 95.9 cm³/mol. The van der Waals surface area contributed by atoms with Crippen molar-refractivity contribution in [1.82, 2.24) is 9.55 Å². The fourth-order valence-electron chi connectivity index (χ4n) is 6.35. The molecule has 0 spiro atoms. The van der Waals surface area contributed by atoms with Gasteiger partial charge in [0.05, 0.1) is 11.1 Å². The molecular formula is C18H23BrN2O3. The van der Waals surface area contributed by atoms with Crippen LogP contribution < -0.4 is 11.2 Å². The summed E-state index contributed by atoms with van der Waals surface area (Å²) in [4.78, 5) is 28.6. The van der Waals surface area contributed by atoms with Crippen LogP contribution in [0.1, 0.15) is 32.8 Å². The van der Waals surface area contributed by atoms with E-state index in [9.17, 15) is 14.7 Å². The third-order valence-corrected chi connectivity index (χ3v) is 7.50. The zero-order valence-corrected chi connectivity index (χ0v) is 15.7. The smallest absolute Gasteiger partial charge is 0.328 e. The maximum Gasteiger partial charge on any atom is 0.328 e. The lowest BCUT2D eigenvalue weighted by Gasteiger charge is -2.87. The van der Waals surface area contributed by atoms with Crippen LogP contribution >= 0.6 is 15.9 Å². The molecule has 0 amide bonds. The molecule has 3 saturated carbocycles. The number of aromatic nitrogens is 2. The van der Waals surface area contributed by atoms with Crippen LogP contribution in [-0.4, -0.2) is 21.3 Å². The molecule has 130 valence electrons. The van der Waals surface area contributed by atoms with Crippen LogP contribution in [0, 0.1) is 35.0 Å². The Morgan fingerprint density at radius 2 is 2.17 bits per heavy atom. The molecule has 3 fully saturated rings. The summed E-state index contributed by atoms with van der Waals surface area (Å²) in [5.41, 5.74) is -0.378. The summed E-state index contributed by atoms with van der Waals surface area (Å²) in [5.74, 6) is 2.18. The van der Waals surface area contributed by atoms with Gasteiger partial charge >= 0.3 is 5.69 Å². The number of H-pyrrole nitrogens is 1. The highest BCUT2D eigenvalue weighted by molar-refractivity contribution is 9.11. The lowest BCUT2D eigenvalue weighted by atomic mass is 9.19. The second-order valence-corrected chi connectivity index (χ2v) is 8.82. The number of nitrogens with one attached hydrogen (secondary N) is 1. The van der Waals surface area contributed by atoms with E-state index in [0.717, 1.165) is 6.42 Å². The number of hydrogen-bond acceptors (Lipinski definition) is 3. The number of halogens is 1. The van der Waals surface area contributed by atoms with Crippen LogP contribution in [0.2, 0.25) is 0 Å². The number of aromatic amines is 1. The van der Waals surface area contributed by atoms with Crippen molar-refractivity contribution < 1.29 is 5.11 Å². The molecule has 3 aliphatic rings. The van der Waals surface area contributed by atoms with Gasteiger partial charge in [0.15, 0.2) is 0 Å². The Morgan fingerprint density at radius 3 is 2.71 bits per heavy atom. The molecular weight excluding hydrogens is 372 g/mol. The van der Waals surface area contributed by atoms with Gasteiger partial charge in [0, 0.05) is 12.8 Å². The molecule has 0 aromatic carbocycles. The molecule has 0 bridgehead atoms. The summed E-state index contributed by atoms with van der Waals surface area (Å²) >= 11 is 3.20. The number of aliphatic hydroxyl groups excluding tert-OH is 1. The molecule has 5 nitrogen and oxygen atoms in total. The van der Waals surface area contributed by atoms with Crippen molar-refractivity contribution in [2.75, 3.05) is 6.61 Å². The summed E-state index contributed by atoms with van der Waals surface area (Å²) in [5, 5.41) is 9.89. The van der Waals surface area contributed by atoms with Crippen LogP contribution in [0.25, 0.3) is 6.08 Å². The van der Waals surface area contributed by atoms with E-state index in [2.05, 4.69) is 41.7 Å². The molecule has 1 aromatic rings. The number of aliphatic hydroxyl groups is 1. The average Bonchev–Trinajstić information content (AvgIpc) is 2.51. The Balaban J connectivity index is 1.83. The summed E-state index contributed by atoms with van der Waals surface area (Å²) in [6.45, 7) is 6.80. The van der Waals surface area contributed by atoms with Crippen molar-refractivity contribution in [3.05, 3.63) is 37.6 Å². The normalized spacial score (nSPS) is 42.4. The first-order valence-electron chi connectivity index (χ1n) is 8.57. The van der Waals surface area contributed by atoms with Crippen LogP contribution in [0.5, 0.6) is 0 Å². The van der Waals surface area contributed by atoms with Crippen LogP contribution in [0.15, 0.2) is 20.8 Å². The summed E-state index contributed by atoms with van der Waals surface area (Å²) in [6.07, 6.45) is 4.30. The Labute approximate surface area is 148 Å². The van der Waals surface area contributed by atoms with E-state index in [4.69, 9.17) is 0 Å². The fraction of sp³-hybridized carbons (Fsp3) is 0.667. The van der Waals surface area contributed by atoms with Crippen molar-refractivity contribution in [2.45, 2.75) is 32.7 Å². The molecule has 0 aliphatic heterocycles. The summed E-state index contributed by atoms with van der Waals surface area (Å²) in [7, 11) is 0. The van der Waals surface area contributed by atoms with Crippen molar-refractivity contribution in [3.8, 4) is 0 Å². The predicted octanol–water partition coefficient (Wildman–Crippen LogP) is 2.15. The van der Waals surface area contributed by atoms with Crippen LogP contribution in [-0.2, 0) is 5.54 Å². The van der Waals surface area contributed by atoms with Crippen molar-refractivity contribution in [3.63, 3.8) is 0 Å². The van der Waals surface area contributed by atoms with E-state index in [1.807, 2.05) is 0 Å². The van der Waals surface area contributed by atoms with Gasteiger partial charge in [0.2, 0.25) is 0 Å². The number of hydrogen-bond donors (Lipinski definition) is 2. The highest BCUT2D eigenvalue weighted by Gasteiger charge is 2.85. The first kappa shape index (κ1) is 16.3. The quantitative estimate of drug-likeness (QED) is 0.821. The molecule has 2 N–H and O–H groups in total. The molecule has 1 heterocycles. The SMILES string of the molecule is CC(C)C1C2C3C(CC13n1cc(/C=C/Br)c(=O)[nH]c1=O)C2(C)CO. The molecule has 4 rings (SSSR count). The maximum atomic E-state index is 12.6. The van der Waals surface area contributed by atoms with E-state index in [-0.39, 0.29) is 28.8 Å². The van der Waals surface area contributed by atoms with Gasteiger partial charge in [-0.1, -0.05) is 36.7 Å². The molecule has 3 aliphatic carbocycles.